The van der Waals surface area contributed by atoms with Gasteiger partial charge in [-0.05, 0) is 72.7 Å². The Labute approximate surface area is 159 Å². The molecule has 1 nitrogen and oxygen atoms in total. The van der Waals surface area contributed by atoms with Crippen molar-refractivity contribution in [3.63, 3.8) is 0 Å². The van der Waals surface area contributed by atoms with Gasteiger partial charge in [0.1, 0.15) is 5.75 Å². The second-order valence-electron chi connectivity index (χ2n) is 6.52. The topological polar surface area (TPSA) is 9.23 Å². The van der Waals surface area contributed by atoms with E-state index in [1.807, 2.05) is 48.5 Å². The molecular weight excluding hydrogens is 347 g/mol. The molecule has 3 rings (SSSR count). The minimum absolute atomic E-state index is 0.277. The first-order chi connectivity index (χ1) is 12.6. The summed E-state index contributed by atoms with van der Waals surface area (Å²) in [5.41, 5.74) is 2.38. The van der Waals surface area contributed by atoms with Gasteiger partial charge in [-0.15, -0.1) is 0 Å². The van der Waals surface area contributed by atoms with Gasteiger partial charge in [-0.2, -0.15) is 0 Å². The number of para-hydroxylation sites is 1. The maximum absolute atomic E-state index is 14.0. The van der Waals surface area contributed by atoms with Gasteiger partial charge < -0.3 is 4.74 Å². The summed E-state index contributed by atoms with van der Waals surface area (Å²) in [5, 5.41) is 0.762. The molecule has 0 saturated carbocycles. The van der Waals surface area contributed by atoms with Crippen LogP contribution in [0.1, 0.15) is 36.8 Å². The monoisotopic (exact) mass is 368 g/mol. The summed E-state index contributed by atoms with van der Waals surface area (Å²) in [6.07, 6.45) is 2.98. The number of aryl methyl sites for hydroxylation is 1. The second-order valence-corrected chi connectivity index (χ2v) is 6.96. The van der Waals surface area contributed by atoms with Crippen molar-refractivity contribution in [2.45, 2.75) is 32.1 Å². The van der Waals surface area contributed by atoms with Crippen LogP contribution in [0.5, 0.6) is 11.5 Å². The molecule has 0 amide bonds. The zero-order chi connectivity index (χ0) is 18.4. The lowest BCUT2D eigenvalue weighted by atomic mass is 9.94. The molecular formula is C23H22ClFO. The predicted molar refractivity (Wildman–Crippen MR) is 106 cm³/mol. The van der Waals surface area contributed by atoms with E-state index in [1.165, 1.54) is 11.6 Å². The van der Waals surface area contributed by atoms with Crippen molar-refractivity contribution in [1.29, 1.82) is 0 Å². The summed E-state index contributed by atoms with van der Waals surface area (Å²) >= 11 is 5.94. The van der Waals surface area contributed by atoms with Crippen molar-refractivity contribution in [3.8, 4) is 11.5 Å². The quantitative estimate of drug-likeness (QED) is 0.422. The lowest BCUT2D eigenvalue weighted by molar-refractivity contribution is 0.441. The van der Waals surface area contributed by atoms with Gasteiger partial charge in [-0.3, -0.25) is 0 Å². The Morgan fingerprint density at radius 3 is 2.42 bits per heavy atom. The lowest BCUT2D eigenvalue weighted by Gasteiger charge is -2.13. The molecule has 0 aromatic heterocycles. The van der Waals surface area contributed by atoms with Crippen molar-refractivity contribution in [3.05, 3.63) is 94.8 Å². The lowest BCUT2D eigenvalue weighted by Crippen LogP contribution is -1.96. The molecule has 0 fully saturated rings. The van der Waals surface area contributed by atoms with Gasteiger partial charge in [-0.1, -0.05) is 54.9 Å². The van der Waals surface area contributed by atoms with Crippen LogP contribution in [0.25, 0.3) is 0 Å². The fraction of sp³-hybridized carbons (Fsp3) is 0.217. The molecule has 0 spiro atoms. The van der Waals surface area contributed by atoms with Gasteiger partial charge in [0.05, 0.1) is 0 Å². The van der Waals surface area contributed by atoms with Gasteiger partial charge in [0.25, 0.3) is 0 Å². The Bertz CT molecular complexity index is 831. The molecule has 0 bridgehead atoms. The number of hydrogen-bond donors (Lipinski definition) is 0. The zero-order valence-electron chi connectivity index (χ0n) is 14.8. The average Bonchev–Trinajstić information content (AvgIpc) is 2.65. The van der Waals surface area contributed by atoms with Gasteiger partial charge in [0, 0.05) is 5.02 Å². The summed E-state index contributed by atoms with van der Waals surface area (Å²) in [7, 11) is 0. The van der Waals surface area contributed by atoms with Crippen molar-refractivity contribution in [2.24, 2.45) is 0 Å². The molecule has 3 aromatic rings. The maximum atomic E-state index is 14.0. The molecule has 134 valence electrons. The number of benzene rings is 3. The molecule has 0 aliphatic heterocycles. The highest BCUT2D eigenvalue weighted by molar-refractivity contribution is 6.30. The molecule has 3 aromatic carbocycles. The first kappa shape index (κ1) is 18.5. The molecule has 0 radical (unpaired) electrons. The van der Waals surface area contributed by atoms with Crippen LogP contribution in [0.2, 0.25) is 5.02 Å². The number of hydrogen-bond acceptors (Lipinski definition) is 1. The number of rotatable bonds is 7. The minimum Gasteiger partial charge on any atom is -0.454 e. The van der Waals surface area contributed by atoms with Crippen LogP contribution >= 0.6 is 11.6 Å². The third kappa shape index (κ3) is 5.09. The van der Waals surface area contributed by atoms with Crippen molar-refractivity contribution in [2.75, 3.05) is 0 Å². The van der Waals surface area contributed by atoms with Crippen molar-refractivity contribution in [1.82, 2.24) is 0 Å². The Hall–Kier alpha value is -2.32. The summed E-state index contributed by atoms with van der Waals surface area (Å²) in [6, 6.07) is 22.4. The van der Waals surface area contributed by atoms with Crippen LogP contribution in [0.3, 0.4) is 0 Å². The van der Waals surface area contributed by atoms with E-state index in [0.717, 1.165) is 29.8 Å². The third-order valence-corrected chi connectivity index (χ3v) is 4.76. The molecule has 1 unspecified atom stereocenters. The molecule has 0 aliphatic rings. The van der Waals surface area contributed by atoms with E-state index in [-0.39, 0.29) is 11.6 Å². The number of ether oxygens (including phenoxy) is 1. The van der Waals surface area contributed by atoms with Crippen LogP contribution < -0.4 is 4.74 Å². The third-order valence-electron chi connectivity index (χ3n) is 4.51. The highest BCUT2D eigenvalue weighted by Gasteiger charge is 2.09. The summed E-state index contributed by atoms with van der Waals surface area (Å²) in [5.74, 6) is 1.04. The Morgan fingerprint density at radius 1 is 0.962 bits per heavy atom. The summed E-state index contributed by atoms with van der Waals surface area (Å²) in [4.78, 5) is 0. The fourth-order valence-electron chi connectivity index (χ4n) is 2.97. The van der Waals surface area contributed by atoms with E-state index in [1.54, 1.807) is 6.07 Å². The predicted octanol–water partition coefficient (Wildman–Crippen LogP) is 7.40. The van der Waals surface area contributed by atoms with Gasteiger partial charge >= 0.3 is 0 Å². The van der Waals surface area contributed by atoms with E-state index >= 15 is 0 Å². The zero-order valence-corrected chi connectivity index (χ0v) is 15.5. The fourth-order valence-corrected chi connectivity index (χ4v) is 3.09. The van der Waals surface area contributed by atoms with Gasteiger partial charge in [0.2, 0.25) is 0 Å². The van der Waals surface area contributed by atoms with Crippen LogP contribution in [-0.2, 0) is 6.42 Å². The standard InChI is InChI=1S/C23H22ClFO/c1-17(19-11-13-20(24)14-12-19)6-5-7-18-10-15-22(25)23(16-18)26-21-8-3-2-4-9-21/h2-4,8-17H,5-7H2,1H3. The molecule has 0 saturated heterocycles. The molecule has 0 heterocycles. The molecule has 0 aliphatic carbocycles. The van der Waals surface area contributed by atoms with E-state index in [4.69, 9.17) is 16.3 Å². The first-order valence-corrected chi connectivity index (χ1v) is 9.26. The van der Waals surface area contributed by atoms with Crippen LogP contribution in [0.15, 0.2) is 72.8 Å². The highest BCUT2D eigenvalue weighted by atomic mass is 35.5. The Balaban J connectivity index is 1.58. The second kappa shape index (κ2) is 8.86. The molecule has 3 heteroatoms. The molecule has 0 N–H and O–H groups in total. The maximum Gasteiger partial charge on any atom is 0.165 e. The Morgan fingerprint density at radius 2 is 1.69 bits per heavy atom. The SMILES string of the molecule is CC(CCCc1ccc(F)c(Oc2ccccc2)c1)c1ccc(Cl)cc1. The molecule has 1 atom stereocenters. The van der Waals surface area contributed by atoms with Crippen LogP contribution in [0.4, 0.5) is 4.39 Å². The average molecular weight is 369 g/mol. The van der Waals surface area contributed by atoms with Crippen LogP contribution in [0, 0.1) is 5.82 Å². The Kier molecular flexibility index (Phi) is 6.30. The van der Waals surface area contributed by atoms with Gasteiger partial charge in [-0.25, -0.2) is 4.39 Å². The van der Waals surface area contributed by atoms with E-state index in [0.29, 0.717) is 11.7 Å². The smallest absolute Gasteiger partial charge is 0.165 e. The number of halogens is 2. The van der Waals surface area contributed by atoms with E-state index in [2.05, 4.69) is 19.1 Å². The van der Waals surface area contributed by atoms with Crippen molar-refractivity contribution < 1.29 is 9.13 Å². The largest absolute Gasteiger partial charge is 0.454 e. The first-order valence-electron chi connectivity index (χ1n) is 8.88. The van der Waals surface area contributed by atoms with E-state index < -0.39 is 0 Å². The van der Waals surface area contributed by atoms with Gasteiger partial charge in [0.15, 0.2) is 11.6 Å². The highest BCUT2D eigenvalue weighted by Crippen LogP contribution is 2.27. The molecule has 26 heavy (non-hydrogen) atoms. The minimum atomic E-state index is -0.341. The van der Waals surface area contributed by atoms with Crippen molar-refractivity contribution >= 4 is 11.6 Å². The summed E-state index contributed by atoms with van der Waals surface area (Å²) < 4.78 is 19.7. The normalized spacial score (nSPS) is 12.0. The summed E-state index contributed by atoms with van der Waals surface area (Å²) in [6.45, 7) is 2.22. The van der Waals surface area contributed by atoms with Crippen LogP contribution in [-0.4, -0.2) is 0 Å². The van der Waals surface area contributed by atoms with E-state index in [9.17, 15) is 4.39 Å².